The lowest BCUT2D eigenvalue weighted by Crippen LogP contribution is -2.31. The standard InChI is InChI=1S/C13H15ClN2O/c1-3-16(8-4-7-15)13(17)11-5-6-12(14)10(2)9-11/h5-6,9H,3-4,8H2,1-2H3. The van der Waals surface area contributed by atoms with E-state index in [4.69, 9.17) is 16.9 Å². The van der Waals surface area contributed by atoms with Crippen molar-refractivity contribution in [2.75, 3.05) is 13.1 Å². The maximum Gasteiger partial charge on any atom is 0.253 e. The van der Waals surface area contributed by atoms with Gasteiger partial charge in [-0.05, 0) is 37.6 Å². The number of hydrogen-bond donors (Lipinski definition) is 0. The molecule has 0 aliphatic heterocycles. The Balaban J connectivity index is 2.86. The summed E-state index contributed by atoms with van der Waals surface area (Å²) in [5, 5.41) is 9.19. The molecule has 17 heavy (non-hydrogen) atoms. The molecule has 1 aromatic rings. The van der Waals surface area contributed by atoms with Gasteiger partial charge >= 0.3 is 0 Å². The van der Waals surface area contributed by atoms with Crippen molar-refractivity contribution < 1.29 is 4.79 Å². The van der Waals surface area contributed by atoms with Crippen molar-refractivity contribution in [1.29, 1.82) is 5.26 Å². The molecule has 0 fully saturated rings. The molecule has 0 saturated carbocycles. The second kappa shape index (κ2) is 6.27. The lowest BCUT2D eigenvalue weighted by Gasteiger charge is -2.19. The average Bonchev–Trinajstić information content (AvgIpc) is 2.33. The fraction of sp³-hybridized carbons (Fsp3) is 0.385. The number of benzene rings is 1. The van der Waals surface area contributed by atoms with Crippen LogP contribution in [0.2, 0.25) is 5.02 Å². The predicted octanol–water partition coefficient (Wildman–Crippen LogP) is 3.02. The number of nitrogens with zero attached hydrogens (tertiary/aromatic N) is 2. The lowest BCUT2D eigenvalue weighted by atomic mass is 10.1. The van der Waals surface area contributed by atoms with Crippen molar-refractivity contribution in [3.05, 3.63) is 34.3 Å². The third-order valence-corrected chi connectivity index (χ3v) is 2.99. The second-order valence-corrected chi connectivity index (χ2v) is 4.16. The first-order valence-electron chi connectivity index (χ1n) is 5.52. The Hall–Kier alpha value is -1.53. The Kier molecular flexibility index (Phi) is 4.99. The summed E-state index contributed by atoms with van der Waals surface area (Å²) in [7, 11) is 0. The SMILES string of the molecule is CCN(CCC#N)C(=O)c1ccc(Cl)c(C)c1. The van der Waals surface area contributed by atoms with Crippen LogP contribution in [0.1, 0.15) is 29.3 Å². The Bertz CT molecular complexity index is 451. The van der Waals surface area contributed by atoms with E-state index in [0.717, 1.165) is 5.56 Å². The molecule has 0 saturated heterocycles. The van der Waals surface area contributed by atoms with Crippen molar-refractivity contribution in [1.82, 2.24) is 4.90 Å². The molecule has 0 atom stereocenters. The molecular formula is C13H15ClN2O. The van der Waals surface area contributed by atoms with Gasteiger partial charge in [0.2, 0.25) is 0 Å². The number of carbonyl (C=O) groups excluding carboxylic acids is 1. The van der Waals surface area contributed by atoms with Gasteiger partial charge in [-0.2, -0.15) is 5.26 Å². The molecule has 1 aromatic carbocycles. The summed E-state index contributed by atoms with van der Waals surface area (Å²) < 4.78 is 0. The van der Waals surface area contributed by atoms with Gasteiger partial charge in [0.1, 0.15) is 0 Å². The molecule has 1 amide bonds. The first-order chi connectivity index (χ1) is 8.10. The third-order valence-electron chi connectivity index (χ3n) is 2.57. The topological polar surface area (TPSA) is 44.1 Å². The number of hydrogen-bond acceptors (Lipinski definition) is 2. The van der Waals surface area contributed by atoms with Crippen LogP contribution in [0, 0.1) is 18.3 Å². The van der Waals surface area contributed by atoms with Crippen LogP contribution in [0.25, 0.3) is 0 Å². The Morgan fingerprint density at radius 2 is 2.24 bits per heavy atom. The molecule has 0 N–H and O–H groups in total. The Labute approximate surface area is 107 Å². The van der Waals surface area contributed by atoms with Gasteiger partial charge in [0.15, 0.2) is 0 Å². The van der Waals surface area contributed by atoms with Crippen molar-refractivity contribution >= 4 is 17.5 Å². The summed E-state index contributed by atoms with van der Waals surface area (Å²) in [6.45, 7) is 4.83. The van der Waals surface area contributed by atoms with Crippen molar-refractivity contribution in [3.63, 3.8) is 0 Å². The molecule has 4 heteroatoms. The molecule has 0 bridgehead atoms. The van der Waals surface area contributed by atoms with Gasteiger partial charge in [0.25, 0.3) is 5.91 Å². The van der Waals surface area contributed by atoms with E-state index in [9.17, 15) is 4.79 Å². The number of aryl methyl sites for hydroxylation is 1. The summed E-state index contributed by atoms with van der Waals surface area (Å²) in [6.07, 6.45) is 0.353. The highest BCUT2D eigenvalue weighted by molar-refractivity contribution is 6.31. The maximum atomic E-state index is 12.1. The zero-order chi connectivity index (χ0) is 12.8. The predicted molar refractivity (Wildman–Crippen MR) is 68.0 cm³/mol. The third kappa shape index (κ3) is 3.47. The van der Waals surface area contributed by atoms with Gasteiger partial charge in [0, 0.05) is 23.7 Å². The van der Waals surface area contributed by atoms with Crippen LogP contribution in [0.5, 0.6) is 0 Å². The lowest BCUT2D eigenvalue weighted by molar-refractivity contribution is 0.0767. The quantitative estimate of drug-likeness (QED) is 0.825. The fourth-order valence-corrected chi connectivity index (χ4v) is 1.67. The van der Waals surface area contributed by atoms with Crippen LogP contribution in [0.15, 0.2) is 18.2 Å². The van der Waals surface area contributed by atoms with E-state index in [0.29, 0.717) is 30.1 Å². The second-order valence-electron chi connectivity index (χ2n) is 3.76. The highest BCUT2D eigenvalue weighted by Crippen LogP contribution is 2.17. The first kappa shape index (κ1) is 13.5. The number of amides is 1. The molecule has 3 nitrogen and oxygen atoms in total. The minimum atomic E-state index is -0.0532. The van der Waals surface area contributed by atoms with Crippen molar-refractivity contribution in [2.24, 2.45) is 0 Å². The van der Waals surface area contributed by atoms with Gasteiger partial charge in [0.05, 0.1) is 12.5 Å². The number of carbonyl (C=O) groups is 1. The van der Waals surface area contributed by atoms with Gasteiger partial charge in [-0.3, -0.25) is 4.79 Å². The molecule has 0 aliphatic carbocycles. The fourth-order valence-electron chi connectivity index (χ4n) is 1.55. The first-order valence-corrected chi connectivity index (χ1v) is 5.90. The minimum absolute atomic E-state index is 0.0532. The highest BCUT2D eigenvalue weighted by atomic mass is 35.5. The zero-order valence-corrected chi connectivity index (χ0v) is 10.8. The van der Waals surface area contributed by atoms with Gasteiger partial charge in [-0.25, -0.2) is 0 Å². The number of rotatable bonds is 4. The van der Waals surface area contributed by atoms with Crippen LogP contribution in [0.3, 0.4) is 0 Å². The Morgan fingerprint density at radius 1 is 1.53 bits per heavy atom. The molecule has 0 unspecified atom stereocenters. The molecule has 0 aromatic heterocycles. The van der Waals surface area contributed by atoms with Gasteiger partial charge < -0.3 is 4.90 Å². The van der Waals surface area contributed by atoms with E-state index in [-0.39, 0.29) is 5.91 Å². The van der Waals surface area contributed by atoms with Crippen LogP contribution < -0.4 is 0 Å². The summed E-state index contributed by atoms with van der Waals surface area (Å²) in [6, 6.07) is 7.26. The van der Waals surface area contributed by atoms with Gasteiger partial charge in [-0.1, -0.05) is 11.6 Å². The molecule has 0 aliphatic rings. The molecule has 0 radical (unpaired) electrons. The highest BCUT2D eigenvalue weighted by Gasteiger charge is 2.14. The monoisotopic (exact) mass is 250 g/mol. The van der Waals surface area contributed by atoms with Crippen molar-refractivity contribution in [2.45, 2.75) is 20.3 Å². The number of nitriles is 1. The van der Waals surface area contributed by atoms with Crippen LogP contribution in [0.4, 0.5) is 0 Å². The summed E-state index contributed by atoms with van der Waals surface area (Å²) in [4.78, 5) is 13.8. The van der Waals surface area contributed by atoms with Crippen LogP contribution in [-0.4, -0.2) is 23.9 Å². The molecule has 0 heterocycles. The maximum absolute atomic E-state index is 12.1. The summed E-state index contributed by atoms with van der Waals surface area (Å²) in [5.41, 5.74) is 1.50. The van der Waals surface area contributed by atoms with Crippen molar-refractivity contribution in [3.8, 4) is 6.07 Å². The Morgan fingerprint density at radius 3 is 2.76 bits per heavy atom. The zero-order valence-electron chi connectivity index (χ0n) is 10.0. The van der Waals surface area contributed by atoms with E-state index < -0.39 is 0 Å². The molecular weight excluding hydrogens is 236 g/mol. The van der Waals surface area contributed by atoms with E-state index >= 15 is 0 Å². The van der Waals surface area contributed by atoms with Crippen LogP contribution >= 0.6 is 11.6 Å². The smallest absolute Gasteiger partial charge is 0.253 e. The summed E-state index contributed by atoms with van der Waals surface area (Å²) >= 11 is 5.91. The minimum Gasteiger partial charge on any atom is -0.338 e. The molecule has 90 valence electrons. The molecule has 1 rings (SSSR count). The summed E-state index contributed by atoms with van der Waals surface area (Å²) in [5.74, 6) is -0.0532. The molecule has 0 spiro atoms. The van der Waals surface area contributed by atoms with Gasteiger partial charge in [-0.15, -0.1) is 0 Å². The normalized spacial score (nSPS) is 9.76. The van der Waals surface area contributed by atoms with E-state index in [1.165, 1.54) is 0 Å². The van der Waals surface area contributed by atoms with E-state index in [1.807, 2.05) is 19.9 Å². The van der Waals surface area contributed by atoms with E-state index in [1.54, 1.807) is 23.1 Å². The number of halogens is 1. The largest absolute Gasteiger partial charge is 0.338 e. The van der Waals surface area contributed by atoms with Crippen LogP contribution in [-0.2, 0) is 0 Å². The average molecular weight is 251 g/mol. The van der Waals surface area contributed by atoms with E-state index in [2.05, 4.69) is 0 Å².